The fourth-order valence-corrected chi connectivity index (χ4v) is 2.37. The van der Waals surface area contributed by atoms with Gasteiger partial charge in [0.25, 0.3) is 0 Å². The first-order valence-corrected chi connectivity index (χ1v) is 7.10. The fraction of sp³-hybridized carbons (Fsp3) is 0.412. The lowest BCUT2D eigenvalue weighted by Crippen LogP contribution is -2.30. The van der Waals surface area contributed by atoms with Crippen molar-refractivity contribution in [1.29, 1.82) is 0 Å². The second-order valence-corrected chi connectivity index (χ2v) is 5.97. The van der Waals surface area contributed by atoms with Crippen LogP contribution >= 0.6 is 0 Å². The van der Waals surface area contributed by atoms with E-state index < -0.39 is 0 Å². The fourth-order valence-electron chi connectivity index (χ4n) is 2.37. The molecule has 0 spiro atoms. The number of hydrogen-bond donors (Lipinski definition) is 1. The Morgan fingerprint density at radius 1 is 1.10 bits per heavy atom. The molecule has 0 atom stereocenters. The van der Waals surface area contributed by atoms with E-state index in [-0.39, 0.29) is 17.6 Å². The van der Waals surface area contributed by atoms with Crippen LogP contribution in [-0.4, -0.2) is 11.7 Å². The van der Waals surface area contributed by atoms with Crippen LogP contribution < -0.4 is 5.32 Å². The molecule has 0 heterocycles. The quantitative estimate of drug-likeness (QED) is 0.912. The molecule has 3 heteroatoms. The molecule has 0 saturated carbocycles. The smallest absolute Gasteiger partial charge is 0.227 e. The van der Waals surface area contributed by atoms with Gasteiger partial charge in [0, 0.05) is 11.5 Å². The van der Waals surface area contributed by atoms with E-state index >= 15 is 0 Å². The Hall–Kier alpha value is -1.90. The summed E-state index contributed by atoms with van der Waals surface area (Å²) in [7, 11) is 0. The molecule has 0 saturated heterocycles. The van der Waals surface area contributed by atoms with Crippen molar-refractivity contribution in [3.63, 3.8) is 0 Å². The lowest BCUT2D eigenvalue weighted by molar-refractivity contribution is -0.123. The number of hydrogen-bond acceptors (Lipinski definition) is 2. The highest BCUT2D eigenvalue weighted by Crippen LogP contribution is 2.35. The number of rotatable bonds is 4. The van der Waals surface area contributed by atoms with Gasteiger partial charge in [-0.25, -0.2) is 0 Å². The molecule has 1 aliphatic rings. The van der Waals surface area contributed by atoms with Crippen LogP contribution in [0.4, 0.5) is 0 Å². The highest BCUT2D eigenvalue weighted by Gasteiger charge is 2.30. The molecule has 1 aliphatic carbocycles. The van der Waals surface area contributed by atoms with Crippen molar-refractivity contribution in [2.75, 3.05) is 0 Å². The lowest BCUT2D eigenvalue weighted by atomic mass is 9.97. The van der Waals surface area contributed by atoms with Crippen molar-refractivity contribution < 1.29 is 9.59 Å². The zero-order valence-corrected chi connectivity index (χ0v) is 12.5. The minimum absolute atomic E-state index is 0.0646. The van der Waals surface area contributed by atoms with E-state index in [9.17, 15) is 9.59 Å². The third kappa shape index (κ3) is 2.67. The summed E-state index contributed by atoms with van der Waals surface area (Å²) in [5, 5.41) is 2.82. The predicted octanol–water partition coefficient (Wildman–Crippen LogP) is 3.41. The summed E-state index contributed by atoms with van der Waals surface area (Å²) >= 11 is 0. The zero-order chi connectivity index (χ0) is 14.9. The highest BCUT2D eigenvalue weighted by molar-refractivity contribution is 6.21. The summed E-state index contributed by atoms with van der Waals surface area (Å²) in [4.78, 5) is 24.4. The second kappa shape index (κ2) is 5.61. The number of benzene rings is 1. The lowest BCUT2D eigenvalue weighted by Gasteiger charge is -2.12. The van der Waals surface area contributed by atoms with E-state index in [2.05, 4.69) is 19.2 Å². The zero-order valence-electron chi connectivity index (χ0n) is 12.5. The van der Waals surface area contributed by atoms with Crippen LogP contribution in [0.25, 0.3) is 5.57 Å². The number of nitrogens with one attached hydrogen (secondary N) is 1. The summed E-state index contributed by atoms with van der Waals surface area (Å²) in [5.74, 6) is 0.113. The molecule has 1 N–H and O–H groups in total. The van der Waals surface area contributed by atoms with Crippen LogP contribution in [0, 0.1) is 11.8 Å². The SMILES string of the molecule is CC(C)CC1=C(NC(=O)C(C)C)C(=O)c2ccccc21. The van der Waals surface area contributed by atoms with Crippen LogP contribution in [-0.2, 0) is 4.79 Å². The van der Waals surface area contributed by atoms with Crippen LogP contribution in [0.3, 0.4) is 0 Å². The minimum atomic E-state index is -0.140. The molecule has 0 aliphatic heterocycles. The summed E-state index contributed by atoms with van der Waals surface area (Å²) in [6.07, 6.45) is 0.788. The van der Waals surface area contributed by atoms with Crippen molar-refractivity contribution >= 4 is 17.3 Å². The van der Waals surface area contributed by atoms with Gasteiger partial charge >= 0.3 is 0 Å². The average Bonchev–Trinajstić information content (AvgIpc) is 2.64. The standard InChI is InChI=1S/C17H21NO2/c1-10(2)9-14-12-7-5-6-8-13(12)16(19)15(14)18-17(20)11(3)4/h5-8,10-11H,9H2,1-4H3,(H,18,19,20). The maximum atomic E-state index is 12.5. The molecular formula is C17H21NO2. The van der Waals surface area contributed by atoms with Crippen LogP contribution in [0.1, 0.15) is 50.0 Å². The van der Waals surface area contributed by atoms with Gasteiger partial charge in [-0.3, -0.25) is 9.59 Å². The van der Waals surface area contributed by atoms with E-state index in [0.717, 1.165) is 17.6 Å². The largest absolute Gasteiger partial charge is 0.322 e. The number of allylic oxidation sites excluding steroid dienone is 2. The Labute approximate surface area is 120 Å². The second-order valence-electron chi connectivity index (χ2n) is 5.97. The van der Waals surface area contributed by atoms with Crippen LogP contribution in [0.5, 0.6) is 0 Å². The first-order valence-electron chi connectivity index (χ1n) is 7.10. The normalized spacial score (nSPS) is 14.2. The molecule has 0 bridgehead atoms. The first kappa shape index (κ1) is 14.5. The molecular weight excluding hydrogens is 250 g/mol. The molecule has 1 aromatic carbocycles. The van der Waals surface area contributed by atoms with Crippen molar-refractivity contribution in [2.24, 2.45) is 11.8 Å². The van der Waals surface area contributed by atoms with Gasteiger partial charge in [-0.1, -0.05) is 52.0 Å². The molecule has 0 radical (unpaired) electrons. The third-order valence-corrected chi connectivity index (χ3v) is 3.41. The maximum absolute atomic E-state index is 12.5. The Morgan fingerprint density at radius 3 is 2.25 bits per heavy atom. The van der Waals surface area contributed by atoms with Crippen molar-refractivity contribution in [2.45, 2.75) is 34.1 Å². The van der Waals surface area contributed by atoms with Crippen molar-refractivity contribution in [1.82, 2.24) is 5.32 Å². The number of amides is 1. The first-order chi connectivity index (χ1) is 9.41. The van der Waals surface area contributed by atoms with Gasteiger partial charge in [0.05, 0.1) is 5.70 Å². The molecule has 3 nitrogen and oxygen atoms in total. The molecule has 20 heavy (non-hydrogen) atoms. The number of Topliss-reactive ketones (excluding diaryl/α,β-unsaturated/α-hetero) is 1. The van der Waals surface area contributed by atoms with Crippen molar-refractivity contribution in [3.05, 3.63) is 41.1 Å². The molecule has 0 fully saturated rings. The average molecular weight is 271 g/mol. The summed E-state index contributed by atoms with van der Waals surface area (Å²) < 4.78 is 0. The maximum Gasteiger partial charge on any atom is 0.227 e. The monoisotopic (exact) mass is 271 g/mol. The molecule has 1 amide bonds. The van der Waals surface area contributed by atoms with Crippen LogP contribution in [0.15, 0.2) is 30.0 Å². The summed E-state index contributed by atoms with van der Waals surface area (Å²) in [6, 6.07) is 7.57. The molecule has 0 aromatic heterocycles. The predicted molar refractivity (Wildman–Crippen MR) is 80.1 cm³/mol. The van der Waals surface area contributed by atoms with Gasteiger partial charge in [-0.15, -0.1) is 0 Å². The summed E-state index contributed by atoms with van der Waals surface area (Å²) in [5.41, 5.74) is 3.10. The number of carbonyl (C=O) groups excluding carboxylic acids is 2. The Kier molecular flexibility index (Phi) is 4.07. The number of carbonyl (C=O) groups is 2. The van der Waals surface area contributed by atoms with E-state index in [1.807, 2.05) is 38.1 Å². The van der Waals surface area contributed by atoms with E-state index in [0.29, 0.717) is 17.2 Å². The van der Waals surface area contributed by atoms with Gasteiger partial charge < -0.3 is 5.32 Å². The van der Waals surface area contributed by atoms with E-state index in [1.54, 1.807) is 0 Å². The van der Waals surface area contributed by atoms with Gasteiger partial charge in [0.1, 0.15) is 0 Å². The minimum Gasteiger partial charge on any atom is -0.322 e. The Morgan fingerprint density at radius 2 is 1.70 bits per heavy atom. The van der Waals surface area contributed by atoms with Gasteiger partial charge in [0.2, 0.25) is 11.7 Å². The van der Waals surface area contributed by atoms with Gasteiger partial charge in [-0.2, -0.15) is 0 Å². The highest BCUT2D eigenvalue weighted by atomic mass is 16.2. The molecule has 106 valence electrons. The van der Waals surface area contributed by atoms with Gasteiger partial charge in [-0.05, 0) is 23.5 Å². The Bertz CT molecular complexity index is 582. The molecule has 2 rings (SSSR count). The number of fused-ring (bicyclic) bond motifs is 1. The van der Waals surface area contributed by atoms with Crippen molar-refractivity contribution in [3.8, 4) is 0 Å². The Balaban J connectivity index is 2.44. The summed E-state index contributed by atoms with van der Waals surface area (Å²) in [6.45, 7) is 7.87. The molecule has 0 unspecified atom stereocenters. The third-order valence-electron chi connectivity index (χ3n) is 3.41. The topological polar surface area (TPSA) is 46.2 Å². The van der Waals surface area contributed by atoms with E-state index in [4.69, 9.17) is 0 Å². The molecule has 1 aromatic rings. The van der Waals surface area contributed by atoms with Gasteiger partial charge in [0.15, 0.2) is 0 Å². The number of ketones is 1. The van der Waals surface area contributed by atoms with Crippen LogP contribution in [0.2, 0.25) is 0 Å². The van der Waals surface area contributed by atoms with E-state index in [1.165, 1.54) is 0 Å².